The molecule has 0 unspecified atom stereocenters. The van der Waals surface area contributed by atoms with Crippen LogP contribution in [0.5, 0.6) is 0 Å². The molecule has 0 aliphatic rings. The molecule has 0 fully saturated rings. The first-order valence-electron chi connectivity index (χ1n) is 9.63. The van der Waals surface area contributed by atoms with Crippen LogP contribution in [-0.4, -0.2) is 21.7 Å². The Hall–Kier alpha value is -2.81. The summed E-state index contributed by atoms with van der Waals surface area (Å²) in [5, 5.41) is 0.365. The van der Waals surface area contributed by atoms with Gasteiger partial charge in [-0.1, -0.05) is 36.5 Å². The van der Waals surface area contributed by atoms with Gasteiger partial charge in [0.05, 0.1) is 21.2 Å². The number of anilines is 1. The number of unbranched alkanes of at least 4 members (excludes halogenated alkanes) is 1. The minimum absolute atomic E-state index is 0.256. The highest BCUT2D eigenvalue weighted by Gasteiger charge is 2.44. The average molecular weight is 570 g/mol. The van der Waals surface area contributed by atoms with Crippen molar-refractivity contribution in [2.75, 3.05) is 5.73 Å². The Morgan fingerprint density at radius 3 is 1.97 bits per heavy atom. The van der Waals surface area contributed by atoms with Gasteiger partial charge in [0.1, 0.15) is 17.3 Å². The van der Waals surface area contributed by atoms with Crippen molar-refractivity contribution in [2.24, 2.45) is 4.99 Å². The molecule has 2 rings (SSSR count). The third-order valence-electron chi connectivity index (χ3n) is 4.28. The van der Waals surface area contributed by atoms with Crippen LogP contribution in [0.4, 0.5) is 51.0 Å². The van der Waals surface area contributed by atoms with Crippen LogP contribution in [0.15, 0.2) is 17.1 Å². The van der Waals surface area contributed by atoms with E-state index < -0.39 is 74.5 Å². The van der Waals surface area contributed by atoms with Gasteiger partial charge in [0.15, 0.2) is 5.69 Å². The summed E-state index contributed by atoms with van der Waals surface area (Å²) in [5.74, 6) is -5.67. The highest BCUT2D eigenvalue weighted by atomic mass is 35.5. The summed E-state index contributed by atoms with van der Waals surface area (Å²) in [6, 6.07) is 0.722. The van der Waals surface area contributed by atoms with Crippen LogP contribution in [0.1, 0.15) is 48.8 Å². The molecule has 0 radical (unpaired) electrons. The Labute approximate surface area is 206 Å². The van der Waals surface area contributed by atoms with Gasteiger partial charge in [0.2, 0.25) is 11.7 Å². The number of hydrogen-bond acceptors (Lipinski definition) is 5. The van der Waals surface area contributed by atoms with Crippen molar-refractivity contribution in [3.63, 3.8) is 0 Å². The number of nitrogens with zero attached hydrogens (tertiary/aromatic N) is 3. The van der Waals surface area contributed by atoms with E-state index in [9.17, 15) is 44.3 Å². The zero-order chi connectivity index (χ0) is 27.6. The molecule has 2 aromatic rings. The smallest absolute Gasteiger partial charge is 0.383 e. The standard InChI is InChI=1S/C19H14Cl2F9N5O/c1-2-3-4-10(36)32-15(33-12-8(20)5-7(6-9(12)21)17(22,23)24)11-13(18(25,26)27)34-16(19(28,29)30)35-14(11)31/h5-6H,2-4H2,1H3,(H2,31,34,35)(H,32,33,36). The second-order valence-corrected chi connectivity index (χ2v) is 7.86. The number of hydrogen-bond donors (Lipinski definition) is 2. The zero-order valence-electron chi connectivity index (χ0n) is 17.8. The molecule has 1 aromatic heterocycles. The van der Waals surface area contributed by atoms with Crippen molar-refractivity contribution in [1.82, 2.24) is 15.3 Å². The lowest BCUT2D eigenvalue weighted by Crippen LogP contribution is -2.35. The van der Waals surface area contributed by atoms with E-state index in [1.165, 1.54) is 0 Å². The number of alkyl halides is 9. The summed E-state index contributed by atoms with van der Waals surface area (Å²) in [4.78, 5) is 21.3. The molecule has 1 amide bonds. The van der Waals surface area contributed by atoms with E-state index in [4.69, 9.17) is 28.9 Å². The number of halogens is 11. The number of nitrogen functional groups attached to an aromatic ring is 1. The first-order valence-corrected chi connectivity index (χ1v) is 10.4. The van der Waals surface area contributed by atoms with Crippen LogP contribution in [0.2, 0.25) is 10.0 Å². The number of nitrogens with two attached hydrogens (primary N) is 1. The molecule has 0 saturated heterocycles. The van der Waals surface area contributed by atoms with Crippen molar-refractivity contribution in [3.05, 3.63) is 44.8 Å². The number of carbonyl (C=O) groups excluding carboxylic acids is 1. The van der Waals surface area contributed by atoms with E-state index in [1.807, 2.05) is 5.32 Å². The van der Waals surface area contributed by atoms with Crippen LogP contribution in [-0.2, 0) is 23.3 Å². The molecule has 3 N–H and O–H groups in total. The molecule has 0 atom stereocenters. The quantitative estimate of drug-likeness (QED) is 0.235. The fourth-order valence-electron chi connectivity index (χ4n) is 2.67. The number of aliphatic imine (C=N–C) groups is 1. The number of aromatic nitrogens is 2. The second-order valence-electron chi connectivity index (χ2n) is 7.05. The lowest BCUT2D eigenvalue weighted by Gasteiger charge is -2.18. The maximum absolute atomic E-state index is 13.7. The van der Waals surface area contributed by atoms with Crippen LogP contribution in [0, 0.1) is 0 Å². The third kappa shape index (κ3) is 7.12. The lowest BCUT2D eigenvalue weighted by molar-refractivity contribution is -0.152. The Morgan fingerprint density at radius 1 is 0.972 bits per heavy atom. The summed E-state index contributed by atoms with van der Waals surface area (Å²) >= 11 is 11.6. The predicted octanol–water partition coefficient (Wildman–Crippen LogP) is 6.81. The highest BCUT2D eigenvalue weighted by molar-refractivity contribution is 6.39. The van der Waals surface area contributed by atoms with E-state index in [0.29, 0.717) is 18.6 Å². The van der Waals surface area contributed by atoms with E-state index in [1.54, 1.807) is 6.92 Å². The summed E-state index contributed by atoms with van der Waals surface area (Å²) in [7, 11) is 0. The van der Waals surface area contributed by atoms with Gasteiger partial charge < -0.3 is 11.1 Å². The maximum Gasteiger partial charge on any atom is 0.451 e. The molecule has 0 aliphatic heterocycles. The maximum atomic E-state index is 13.7. The van der Waals surface area contributed by atoms with Crippen molar-refractivity contribution in [3.8, 4) is 0 Å². The van der Waals surface area contributed by atoms with Crippen LogP contribution < -0.4 is 11.1 Å². The van der Waals surface area contributed by atoms with Gasteiger partial charge in [-0.25, -0.2) is 15.0 Å². The molecule has 1 heterocycles. The minimum Gasteiger partial charge on any atom is -0.383 e. The molecule has 6 nitrogen and oxygen atoms in total. The van der Waals surface area contributed by atoms with E-state index in [2.05, 4.69) is 15.0 Å². The molecule has 17 heteroatoms. The van der Waals surface area contributed by atoms with Gasteiger partial charge in [0.25, 0.3) is 0 Å². The number of amides is 1. The topological polar surface area (TPSA) is 93.3 Å². The van der Waals surface area contributed by atoms with Gasteiger partial charge in [-0.05, 0) is 18.6 Å². The summed E-state index contributed by atoms with van der Waals surface area (Å²) < 4.78 is 119. The summed E-state index contributed by atoms with van der Waals surface area (Å²) in [6.07, 6.45) is -15.4. The summed E-state index contributed by atoms with van der Waals surface area (Å²) in [6.45, 7) is 1.69. The zero-order valence-corrected chi connectivity index (χ0v) is 19.3. The first-order chi connectivity index (χ1) is 16.4. The molecule has 0 bridgehead atoms. The number of rotatable bonds is 5. The van der Waals surface area contributed by atoms with Crippen LogP contribution in [0.3, 0.4) is 0 Å². The third-order valence-corrected chi connectivity index (χ3v) is 4.86. The Balaban J connectivity index is 2.86. The normalized spacial score (nSPS) is 13.2. The molecule has 36 heavy (non-hydrogen) atoms. The van der Waals surface area contributed by atoms with Crippen molar-refractivity contribution >= 4 is 46.4 Å². The number of amidine groups is 1. The molecule has 1 aromatic carbocycles. The number of benzene rings is 1. The van der Waals surface area contributed by atoms with Gasteiger partial charge in [0, 0.05) is 6.42 Å². The second kappa shape index (κ2) is 10.7. The van der Waals surface area contributed by atoms with Crippen molar-refractivity contribution in [1.29, 1.82) is 0 Å². The van der Waals surface area contributed by atoms with Gasteiger partial charge >= 0.3 is 18.5 Å². The monoisotopic (exact) mass is 569 g/mol. The molecule has 0 aliphatic carbocycles. The average Bonchev–Trinajstić information content (AvgIpc) is 2.71. The Bertz CT molecular complexity index is 1150. The van der Waals surface area contributed by atoms with E-state index >= 15 is 0 Å². The number of nitrogens with one attached hydrogen (secondary N) is 1. The highest BCUT2D eigenvalue weighted by Crippen LogP contribution is 2.41. The summed E-state index contributed by atoms with van der Waals surface area (Å²) in [5.41, 5.74) is -0.228. The van der Waals surface area contributed by atoms with Crippen LogP contribution in [0.25, 0.3) is 0 Å². The van der Waals surface area contributed by atoms with Crippen molar-refractivity contribution in [2.45, 2.75) is 44.7 Å². The molecular formula is C19H14Cl2F9N5O. The lowest BCUT2D eigenvalue weighted by atomic mass is 10.1. The largest absolute Gasteiger partial charge is 0.451 e. The number of carbonyl (C=O) groups is 1. The van der Waals surface area contributed by atoms with E-state index in [0.717, 1.165) is 0 Å². The fraction of sp³-hybridized carbons (Fsp3) is 0.368. The minimum atomic E-state index is -5.56. The molecule has 0 saturated carbocycles. The van der Waals surface area contributed by atoms with Gasteiger partial charge in [-0.2, -0.15) is 39.5 Å². The van der Waals surface area contributed by atoms with Crippen LogP contribution >= 0.6 is 23.2 Å². The van der Waals surface area contributed by atoms with Crippen molar-refractivity contribution < 1.29 is 44.3 Å². The van der Waals surface area contributed by atoms with Gasteiger partial charge in [-0.3, -0.25) is 4.79 Å². The molecule has 198 valence electrons. The van der Waals surface area contributed by atoms with Gasteiger partial charge in [-0.15, -0.1) is 0 Å². The first kappa shape index (κ1) is 29.4. The Kier molecular flexibility index (Phi) is 8.71. The SMILES string of the molecule is CCCCC(=O)NC(=Nc1c(Cl)cc(C(F)(F)F)cc1Cl)c1c(N)nc(C(F)(F)F)nc1C(F)(F)F. The van der Waals surface area contributed by atoms with E-state index in [-0.39, 0.29) is 12.8 Å². The molecule has 0 spiro atoms. The molecular weight excluding hydrogens is 556 g/mol. The predicted molar refractivity (Wildman–Crippen MR) is 112 cm³/mol. The Morgan fingerprint density at radius 2 is 1.53 bits per heavy atom. The fourth-order valence-corrected chi connectivity index (χ4v) is 3.24.